The number of hydrogen-bond donors (Lipinski definition) is 1. The van der Waals surface area contributed by atoms with Gasteiger partial charge in [0.1, 0.15) is 16.1 Å². The SMILES string of the molecule is CN[P+](CSC(C)=O)(c1ccccc1)c1ccccc1. The van der Waals surface area contributed by atoms with E-state index in [1.165, 1.54) is 22.4 Å². The molecule has 2 aromatic carbocycles. The van der Waals surface area contributed by atoms with Crippen LogP contribution in [-0.4, -0.2) is 17.7 Å². The first-order valence-corrected chi connectivity index (χ1v) is 9.47. The summed E-state index contributed by atoms with van der Waals surface area (Å²) in [6.07, 6.45) is 0. The molecule has 0 heterocycles. The van der Waals surface area contributed by atoms with Gasteiger partial charge in [-0.15, -0.1) is 0 Å². The third kappa shape index (κ3) is 3.29. The van der Waals surface area contributed by atoms with Gasteiger partial charge in [-0.05, 0) is 36.0 Å². The lowest BCUT2D eigenvalue weighted by atomic mass is 10.4. The number of benzene rings is 2. The molecule has 0 aliphatic carbocycles. The Hall–Kier alpha value is -1.15. The number of carbonyl (C=O) groups is 1. The molecule has 0 aliphatic heterocycles. The van der Waals surface area contributed by atoms with Gasteiger partial charge in [0.2, 0.25) is 0 Å². The van der Waals surface area contributed by atoms with Crippen LogP contribution in [-0.2, 0) is 4.79 Å². The monoisotopic (exact) mass is 304 g/mol. The van der Waals surface area contributed by atoms with Crippen LogP contribution in [0, 0.1) is 0 Å². The summed E-state index contributed by atoms with van der Waals surface area (Å²) in [4.78, 5) is 11.4. The van der Waals surface area contributed by atoms with Gasteiger partial charge in [-0.1, -0.05) is 36.4 Å². The van der Waals surface area contributed by atoms with Gasteiger partial charge in [0.05, 0.1) is 0 Å². The molecule has 2 nitrogen and oxygen atoms in total. The molecule has 2 rings (SSSR count). The van der Waals surface area contributed by atoms with E-state index in [9.17, 15) is 4.79 Å². The Labute approximate surface area is 125 Å². The van der Waals surface area contributed by atoms with E-state index in [0.717, 1.165) is 5.49 Å². The van der Waals surface area contributed by atoms with Crippen molar-refractivity contribution in [2.45, 2.75) is 6.92 Å². The molecule has 0 aromatic heterocycles. The lowest BCUT2D eigenvalue weighted by molar-refractivity contribution is -0.109. The summed E-state index contributed by atoms with van der Waals surface area (Å²) in [7, 11) is 0.251. The van der Waals surface area contributed by atoms with E-state index in [1.54, 1.807) is 6.92 Å². The Bertz CT molecular complexity index is 520. The number of carbonyl (C=O) groups excluding carboxylic acids is 1. The third-order valence-corrected chi connectivity index (χ3v) is 8.83. The minimum atomic E-state index is -1.74. The summed E-state index contributed by atoms with van der Waals surface area (Å²) < 4.78 is 0. The van der Waals surface area contributed by atoms with Crippen molar-refractivity contribution in [3.8, 4) is 0 Å². The molecule has 0 radical (unpaired) electrons. The van der Waals surface area contributed by atoms with E-state index in [4.69, 9.17) is 0 Å². The van der Waals surface area contributed by atoms with E-state index in [2.05, 4.69) is 53.6 Å². The fourth-order valence-corrected chi connectivity index (χ4v) is 7.56. The quantitative estimate of drug-likeness (QED) is 0.861. The molecular weight excluding hydrogens is 285 g/mol. The van der Waals surface area contributed by atoms with E-state index in [0.29, 0.717) is 0 Å². The number of thioether (sulfide) groups is 1. The number of nitrogens with one attached hydrogen (secondary N) is 1. The van der Waals surface area contributed by atoms with Gasteiger partial charge >= 0.3 is 0 Å². The zero-order valence-corrected chi connectivity index (χ0v) is 13.5. The van der Waals surface area contributed by atoms with Crippen LogP contribution in [0.1, 0.15) is 6.92 Å². The van der Waals surface area contributed by atoms with Gasteiger partial charge in [0, 0.05) is 14.0 Å². The second kappa shape index (κ2) is 7.03. The molecule has 0 saturated carbocycles. The molecule has 2 aromatic rings. The second-order valence-electron chi connectivity index (χ2n) is 4.47. The van der Waals surface area contributed by atoms with Crippen molar-refractivity contribution in [2.75, 3.05) is 12.5 Å². The molecule has 104 valence electrons. The first-order valence-electron chi connectivity index (χ1n) is 6.51. The molecule has 0 fully saturated rings. The maximum Gasteiger partial charge on any atom is 0.189 e. The molecule has 1 N–H and O–H groups in total. The summed E-state index contributed by atoms with van der Waals surface area (Å²) in [5, 5.41) is 6.27. The van der Waals surface area contributed by atoms with Gasteiger partial charge in [-0.25, -0.2) is 0 Å². The Morgan fingerprint density at radius 3 is 1.80 bits per heavy atom. The van der Waals surface area contributed by atoms with Gasteiger partial charge in [0.25, 0.3) is 0 Å². The minimum absolute atomic E-state index is 0.163. The maximum absolute atomic E-state index is 11.4. The molecule has 0 unspecified atom stereocenters. The van der Waals surface area contributed by atoms with Crippen molar-refractivity contribution in [3.05, 3.63) is 60.7 Å². The van der Waals surface area contributed by atoms with Gasteiger partial charge in [-0.3, -0.25) is 4.79 Å². The lowest BCUT2D eigenvalue weighted by Gasteiger charge is -2.25. The maximum atomic E-state index is 11.4. The summed E-state index contributed by atoms with van der Waals surface area (Å²) in [5.41, 5.74) is 0.785. The molecule has 20 heavy (non-hydrogen) atoms. The Balaban J connectivity index is 2.49. The van der Waals surface area contributed by atoms with Gasteiger partial charge in [-0.2, -0.15) is 5.09 Å². The summed E-state index contributed by atoms with van der Waals surface area (Å²) in [6, 6.07) is 20.9. The molecule has 4 heteroatoms. The predicted molar refractivity (Wildman–Crippen MR) is 91.3 cm³/mol. The van der Waals surface area contributed by atoms with Crippen LogP contribution in [0.5, 0.6) is 0 Å². The van der Waals surface area contributed by atoms with Crippen LogP contribution in [0.2, 0.25) is 0 Å². The van der Waals surface area contributed by atoms with Crippen LogP contribution in [0.3, 0.4) is 0 Å². The normalized spacial score (nSPS) is 11.3. The molecule has 0 spiro atoms. The molecule has 0 saturated heterocycles. The van der Waals surface area contributed by atoms with Crippen molar-refractivity contribution in [1.82, 2.24) is 5.09 Å². The Morgan fingerprint density at radius 2 is 1.45 bits per heavy atom. The van der Waals surface area contributed by atoms with Gasteiger partial charge in [0.15, 0.2) is 12.5 Å². The topological polar surface area (TPSA) is 29.1 Å². The number of hydrogen-bond acceptors (Lipinski definition) is 3. The van der Waals surface area contributed by atoms with E-state index < -0.39 is 7.41 Å². The molecule has 0 amide bonds. The van der Waals surface area contributed by atoms with Crippen LogP contribution in [0.25, 0.3) is 0 Å². The highest BCUT2D eigenvalue weighted by Crippen LogP contribution is 2.54. The lowest BCUT2D eigenvalue weighted by Crippen LogP contribution is -2.33. The summed E-state index contributed by atoms with van der Waals surface area (Å²) in [5.74, 6) is 0. The highest BCUT2D eigenvalue weighted by Gasteiger charge is 2.42. The standard InChI is InChI=1S/C16H19NOPS/c1-14(18)20-13-19(17-2,15-9-5-3-6-10-15)16-11-7-4-8-12-16/h3-12,17H,13H2,1-2H3/q+1. The first kappa shape index (κ1) is 15.2. The first-order chi connectivity index (χ1) is 9.69. The van der Waals surface area contributed by atoms with E-state index in [-0.39, 0.29) is 5.12 Å². The molecular formula is C16H19NOPS+. The highest BCUT2D eigenvalue weighted by atomic mass is 32.2. The molecule has 0 bridgehead atoms. The third-order valence-electron chi connectivity index (χ3n) is 3.24. The van der Waals surface area contributed by atoms with Gasteiger partial charge < -0.3 is 0 Å². The van der Waals surface area contributed by atoms with Crippen molar-refractivity contribution in [2.24, 2.45) is 0 Å². The average Bonchev–Trinajstić information content (AvgIpc) is 2.50. The summed E-state index contributed by atoms with van der Waals surface area (Å²) >= 11 is 1.40. The van der Waals surface area contributed by atoms with Crippen molar-refractivity contribution < 1.29 is 4.79 Å². The average molecular weight is 304 g/mol. The Kier molecular flexibility index (Phi) is 5.36. The molecule has 0 atom stereocenters. The van der Waals surface area contributed by atoms with Crippen molar-refractivity contribution in [1.29, 1.82) is 0 Å². The highest BCUT2D eigenvalue weighted by molar-refractivity contribution is 8.20. The fourth-order valence-electron chi connectivity index (χ4n) is 2.17. The van der Waals surface area contributed by atoms with Crippen LogP contribution in [0.15, 0.2) is 60.7 Å². The molecule has 0 aliphatic rings. The zero-order valence-electron chi connectivity index (χ0n) is 11.7. The second-order valence-corrected chi connectivity index (χ2v) is 9.47. The van der Waals surface area contributed by atoms with E-state index >= 15 is 0 Å². The van der Waals surface area contributed by atoms with Crippen molar-refractivity contribution >= 4 is 34.9 Å². The smallest absolute Gasteiger partial charge is 0.189 e. The Morgan fingerprint density at radius 1 is 1.00 bits per heavy atom. The zero-order chi connectivity index (χ0) is 14.4. The minimum Gasteiger partial charge on any atom is -0.287 e. The van der Waals surface area contributed by atoms with Crippen molar-refractivity contribution in [3.63, 3.8) is 0 Å². The fraction of sp³-hybridized carbons (Fsp3) is 0.188. The van der Waals surface area contributed by atoms with Crippen LogP contribution < -0.4 is 15.7 Å². The largest absolute Gasteiger partial charge is 0.287 e. The van der Waals surface area contributed by atoms with E-state index in [1.807, 2.05) is 19.2 Å². The number of rotatable bonds is 5. The predicted octanol–water partition coefficient (Wildman–Crippen LogP) is 3.03. The summed E-state index contributed by atoms with van der Waals surface area (Å²) in [6.45, 7) is 1.63. The van der Waals surface area contributed by atoms with Crippen LogP contribution in [0.4, 0.5) is 0 Å². The van der Waals surface area contributed by atoms with Crippen LogP contribution >= 0.6 is 19.2 Å².